The largest absolute Gasteiger partial charge is 0.398 e. The predicted octanol–water partition coefficient (Wildman–Crippen LogP) is 1.56. The van der Waals surface area contributed by atoms with Crippen molar-refractivity contribution in [3.8, 4) is 0 Å². The number of aromatic nitrogens is 1. The van der Waals surface area contributed by atoms with Gasteiger partial charge in [0.25, 0.3) is 0 Å². The molecule has 1 aromatic carbocycles. The lowest BCUT2D eigenvalue weighted by Crippen LogP contribution is -1.84. The van der Waals surface area contributed by atoms with Crippen LogP contribution < -0.4 is 5.73 Å². The Balaban J connectivity index is 2.88. The summed E-state index contributed by atoms with van der Waals surface area (Å²) in [7, 11) is 0. The molecule has 0 aliphatic carbocycles. The number of benzene rings is 1. The van der Waals surface area contributed by atoms with Crippen LogP contribution in [-0.4, -0.2) is 11.3 Å². The third kappa shape index (κ3) is 0.797. The number of nitrogens with one attached hydrogen (secondary N) is 1. The highest BCUT2D eigenvalue weighted by Gasteiger charge is 2.02. The van der Waals surface area contributed by atoms with E-state index in [-0.39, 0.29) is 0 Å². The molecular formula is C9H8N2O. The maximum Gasteiger partial charge on any atom is 0.166 e. The number of carbonyl (C=O) groups excluding carboxylic acids is 1. The van der Waals surface area contributed by atoms with Crippen LogP contribution in [0.2, 0.25) is 0 Å². The molecule has 0 aliphatic rings. The van der Waals surface area contributed by atoms with E-state index in [0.29, 0.717) is 11.4 Å². The highest BCUT2D eigenvalue weighted by atomic mass is 16.1. The molecule has 2 rings (SSSR count). The Labute approximate surface area is 69.2 Å². The van der Waals surface area contributed by atoms with Crippen molar-refractivity contribution in [3.63, 3.8) is 0 Å². The zero-order chi connectivity index (χ0) is 8.55. The van der Waals surface area contributed by atoms with Crippen molar-refractivity contribution in [2.45, 2.75) is 0 Å². The average molecular weight is 160 g/mol. The minimum absolute atomic E-state index is 0.581. The molecule has 0 fully saturated rings. The smallest absolute Gasteiger partial charge is 0.166 e. The summed E-state index contributed by atoms with van der Waals surface area (Å²) in [5, 5.41) is 1.78. The van der Waals surface area contributed by atoms with Gasteiger partial charge in [0.05, 0.1) is 5.69 Å². The van der Waals surface area contributed by atoms with Gasteiger partial charge in [-0.3, -0.25) is 4.79 Å². The molecule has 0 aliphatic heterocycles. The van der Waals surface area contributed by atoms with E-state index in [0.717, 1.165) is 17.1 Å². The molecule has 3 nitrogen and oxygen atoms in total. The molecular weight excluding hydrogens is 152 g/mol. The Morgan fingerprint density at radius 2 is 2.17 bits per heavy atom. The molecule has 0 atom stereocenters. The first-order valence-corrected chi connectivity index (χ1v) is 3.63. The van der Waals surface area contributed by atoms with Gasteiger partial charge in [-0.25, -0.2) is 0 Å². The molecule has 0 spiro atoms. The Morgan fingerprint density at radius 3 is 2.92 bits per heavy atom. The Morgan fingerprint density at radius 1 is 1.33 bits per heavy atom. The van der Waals surface area contributed by atoms with Gasteiger partial charge >= 0.3 is 0 Å². The van der Waals surface area contributed by atoms with Gasteiger partial charge in [-0.15, -0.1) is 0 Å². The second-order valence-electron chi connectivity index (χ2n) is 2.63. The van der Waals surface area contributed by atoms with Gasteiger partial charge in [0.15, 0.2) is 6.29 Å². The first kappa shape index (κ1) is 6.91. The number of H-pyrrole nitrogens is 1. The number of hydrogen-bond acceptors (Lipinski definition) is 2. The van der Waals surface area contributed by atoms with E-state index >= 15 is 0 Å². The van der Waals surface area contributed by atoms with Crippen LogP contribution in [0.3, 0.4) is 0 Å². The molecule has 60 valence electrons. The van der Waals surface area contributed by atoms with Crippen molar-refractivity contribution < 1.29 is 4.79 Å². The molecule has 1 aromatic heterocycles. The number of rotatable bonds is 1. The Bertz CT molecular complexity index is 431. The van der Waals surface area contributed by atoms with Crippen molar-refractivity contribution in [1.29, 1.82) is 0 Å². The zero-order valence-corrected chi connectivity index (χ0v) is 6.37. The Hall–Kier alpha value is -1.77. The molecule has 0 unspecified atom stereocenters. The van der Waals surface area contributed by atoms with Crippen LogP contribution >= 0.6 is 0 Å². The van der Waals surface area contributed by atoms with Crippen molar-refractivity contribution >= 4 is 22.7 Å². The van der Waals surface area contributed by atoms with Gasteiger partial charge in [-0.2, -0.15) is 0 Å². The van der Waals surface area contributed by atoms with Crippen LogP contribution in [-0.2, 0) is 0 Å². The highest BCUT2D eigenvalue weighted by molar-refractivity contribution is 6.02. The van der Waals surface area contributed by atoms with Crippen LogP contribution in [0.15, 0.2) is 24.4 Å². The fourth-order valence-corrected chi connectivity index (χ4v) is 1.30. The van der Waals surface area contributed by atoms with Crippen molar-refractivity contribution in [1.82, 2.24) is 4.98 Å². The van der Waals surface area contributed by atoms with Crippen molar-refractivity contribution in [3.05, 3.63) is 30.1 Å². The molecule has 0 saturated heterocycles. The standard InChI is InChI=1S/C9H8N2O/c10-8-3-1-2-6-7(8)4-11-9(6)5-12/h1-5,11H,10H2. The third-order valence-corrected chi connectivity index (χ3v) is 1.92. The summed E-state index contributed by atoms with van der Waals surface area (Å²) in [6, 6.07) is 5.51. The minimum Gasteiger partial charge on any atom is -0.398 e. The Kier molecular flexibility index (Phi) is 1.37. The number of nitrogens with two attached hydrogens (primary N) is 1. The second kappa shape index (κ2) is 2.37. The molecule has 0 radical (unpaired) electrons. The zero-order valence-electron chi connectivity index (χ0n) is 6.37. The highest BCUT2D eigenvalue weighted by Crippen LogP contribution is 2.22. The van der Waals surface area contributed by atoms with Gasteiger partial charge in [-0.1, -0.05) is 12.1 Å². The SMILES string of the molecule is Nc1cccc2c(C=O)[nH]cc12. The van der Waals surface area contributed by atoms with Crippen LogP contribution in [0, 0.1) is 0 Å². The van der Waals surface area contributed by atoms with E-state index in [2.05, 4.69) is 4.98 Å². The monoisotopic (exact) mass is 160 g/mol. The normalized spacial score (nSPS) is 10.3. The summed E-state index contributed by atoms with van der Waals surface area (Å²) in [4.78, 5) is 13.4. The maximum absolute atomic E-state index is 10.5. The number of aldehydes is 1. The fraction of sp³-hybridized carbons (Fsp3) is 0. The molecule has 0 bridgehead atoms. The van der Waals surface area contributed by atoms with E-state index in [1.54, 1.807) is 6.20 Å². The quantitative estimate of drug-likeness (QED) is 0.491. The lowest BCUT2D eigenvalue weighted by atomic mass is 10.1. The van der Waals surface area contributed by atoms with E-state index in [9.17, 15) is 4.79 Å². The number of hydrogen-bond donors (Lipinski definition) is 2. The molecule has 3 heteroatoms. The number of nitrogen functional groups attached to an aromatic ring is 1. The predicted molar refractivity (Wildman–Crippen MR) is 48.1 cm³/mol. The summed E-state index contributed by atoms with van der Waals surface area (Å²) >= 11 is 0. The average Bonchev–Trinajstić information content (AvgIpc) is 2.49. The summed E-state index contributed by atoms with van der Waals surface area (Å²) in [5.74, 6) is 0. The lowest BCUT2D eigenvalue weighted by molar-refractivity contribution is 0.112. The van der Waals surface area contributed by atoms with Gasteiger partial charge in [0, 0.05) is 22.7 Å². The maximum atomic E-state index is 10.5. The summed E-state index contributed by atoms with van der Waals surface area (Å²) in [6.45, 7) is 0. The van der Waals surface area contributed by atoms with Crippen LogP contribution in [0.1, 0.15) is 10.5 Å². The molecule has 0 amide bonds. The second-order valence-corrected chi connectivity index (χ2v) is 2.63. The minimum atomic E-state index is 0.581. The van der Waals surface area contributed by atoms with E-state index in [4.69, 9.17) is 5.73 Å². The van der Waals surface area contributed by atoms with Crippen LogP contribution in [0.25, 0.3) is 10.8 Å². The van der Waals surface area contributed by atoms with Gasteiger partial charge < -0.3 is 10.7 Å². The number of anilines is 1. The molecule has 0 saturated carbocycles. The third-order valence-electron chi connectivity index (χ3n) is 1.92. The molecule has 1 heterocycles. The number of fused-ring (bicyclic) bond motifs is 1. The van der Waals surface area contributed by atoms with Gasteiger partial charge in [0.1, 0.15) is 0 Å². The first-order chi connectivity index (χ1) is 5.83. The van der Waals surface area contributed by atoms with Crippen molar-refractivity contribution in [2.75, 3.05) is 5.73 Å². The number of carbonyl (C=O) groups is 1. The summed E-state index contributed by atoms with van der Waals surface area (Å²) in [5.41, 5.74) is 6.96. The van der Waals surface area contributed by atoms with Crippen molar-refractivity contribution in [2.24, 2.45) is 0 Å². The molecule has 3 N–H and O–H groups in total. The molecule has 2 aromatic rings. The van der Waals surface area contributed by atoms with Gasteiger partial charge in [0.2, 0.25) is 0 Å². The van der Waals surface area contributed by atoms with Crippen LogP contribution in [0.4, 0.5) is 5.69 Å². The summed E-state index contributed by atoms with van der Waals surface area (Å²) < 4.78 is 0. The summed E-state index contributed by atoms with van der Waals surface area (Å²) in [6.07, 6.45) is 2.54. The van der Waals surface area contributed by atoms with Gasteiger partial charge in [-0.05, 0) is 6.07 Å². The topological polar surface area (TPSA) is 58.9 Å². The lowest BCUT2D eigenvalue weighted by Gasteiger charge is -1.93. The van der Waals surface area contributed by atoms with E-state index in [1.807, 2.05) is 18.2 Å². The first-order valence-electron chi connectivity index (χ1n) is 3.63. The fourth-order valence-electron chi connectivity index (χ4n) is 1.30. The number of aromatic amines is 1. The molecule has 12 heavy (non-hydrogen) atoms. The van der Waals surface area contributed by atoms with Crippen LogP contribution in [0.5, 0.6) is 0 Å². The van der Waals surface area contributed by atoms with E-state index < -0.39 is 0 Å². The van der Waals surface area contributed by atoms with E-state index in [1.165, 1.54) is 0 Å².